The van der Waals surface area contributed by atoms with Crippen LogP contribution < -0.4 is 0 Å². The molecule has 2 heterocycles. The molecule has 3 nitrogen and oxygen atoms in total. The van der Waals surface area contributed by atoms with Crippen molar-refractivity contribution in [2.24, 2.45) is 0 Å². The van der Waals surface area contributed by atoms with E-state index in [9.17, 15) is 9.32 Å². The van der Waals surface area contributed by atoms with Gasteiger partial charge in [-0.05, 0) is 19.3 Å². The van der Waals surface area contributed by atoms with Gasteiger partial charge in [0.1, 0.15) is 0 Å². The minimum absolute atomic E-state index is 0.272. The smallest absolute Gasteiger partial charge is 0.300 e. The van der Waals surface area contributed by atoms with Crippen LogP contribution in [0.25, 0.3) is 0 Å². The maximum Gasteiger partial charge on any atom is 0.447 e. The van der Waals surface area contributed by atoms with Gasteiger partial charge in [-0.15, -0.1) is 0 Å². The Bertz CT molecular complexity index is 159. The summed E-state index contributed by atoms with van der Waals surface area (Å²) in [5.74, 6) is 0. The Morgan fingerprint density at radius 2 is 2.10 bits per heavy atom. The lowest BCUT2D eigenvalue weighted by Gasteiger charge is -2.37. The number of halogens is 1. The van der Waals surface area contributed by atoms with Crippen molar-refractivity contribution in [3.05, 3.63) is 0 Å². The van der Waals surface area contributed by atoms with Crippen molar-refractivity contribution < 1.29 is 14.3 Å². The van der Waals surface area contributed by atoms with E-state index in [2.05, 4.69) is 4.94 Å². The molecule has 0 N–H and O–H groups in total. The SMILES string of the molecule is O=C(OF)N1C2CCC1C2. The molecule has 4 heteroatoms. The van der Waals surface area contributed by atoms with E-state index in [1.807, 2.05) is 0 Å². The molecule has 2 aliphatic heterocycles. The number of amides is 1. The molecule has 2 bridgehead atoms. The van der Waals surface area contributed by atoms with Crippen LogP contribution in [-0.2, 0) is 4.94 Å². The lowest BCUT2D eigenvalue weighted by Crippen LogP contribution is -2.51. The first-order chi connectivity index (χ1) is 4.83. The molecule has 0 aromatic rings. The number of nitrogens with zero attached hydrogens (tertiary/aromatic N) is 1. The number of carbonyl (C=O) groups is 1. The largest absolute Gasteiger partial charge is 0.447 e. The highest BCUT2D eigenvalue weighted by Gasteiger charge is 2.48. The molecule has 0 radical (unpaired) electrons. The molecule has 0 aromatic heterocycles. The summed E-state index contributed by atoms with van der Waals surface area (Å²) < 4.78 is 11.3. The molecule has 1 saturated carbocycles. The van der Waals surface area contributed by atoms with Crippen LogP contribution in [0.15, 0.2) is 0 Å². The van der Waals surface area contributed by atoms with Crippen molar-refractivity contribution >= 4 is 6.09 Å². The van der Waals surface area contributed by atoms with Crippen molar-refractivity contribution in [3.63, 3.8) is 0 Å². The van der Waals surface area contributed by atoms with Crippen LogP contribution in [0, 0.1) is 0 Å². The Kier molecular flexibility index (Phi) is 1.09. The van der Waals surface area contributed by atoms with Gasteiger partial charge in [-0.1, -0.05) is 0 Å². The normalized spacial score (nSPS) is 35.5. The Balaban J connectivity index is 2.02. The Hall–Kier alpha value is -0.800. The first-order valence-electron chi connectivity index (χ1n) is 3.44. The summed E-state index contributed by atoms with van der Waals surface area (Å²) in [4.78, 5) is 15.2. The third-order valence-electron chi connectivity index (χ3n) is 2.44. The van der Waals surface area contributed by atoms with Gasteiger partial charge in [-0.2, -0.15) is 0 Å². The van der Waals surface area contributed by atoms with Gasteiger partial charge >= 0.3 is 6.09 Å². The third-order valence-corrected chi connectivity index (χ3v) is 2.44. The van der Waals surface area contributed by atoms with Crippen LogP contribution in [0.4, 0.5) is 9.32 Å². The standard InChI is InChI=1S/C6H8FNO2/c7-10-6(9)8-4-1-2-5(8)3-4/h4-5H,1-3H2. The second-order valence-electron chi connectivity index (χ2n) is 2.87. The second kappa shape index (κ2) is 1.84. The van der Waals surface area contributed by atoms with Crippen LogP contribution in [-0.4, -0.2) is 23.1 Å². The molecule has 3 rings (SSSR count). The monoisotopic (exact) mass is 145 g/mol. The molecule has 1 aliphatic carbocycles. The summed E-state index contributed by atoms with van der Waals surface area (Å²) in [6.07, 6.45) is 2.26. The molecule has 10 heavy (non-hydrogen) atoms. The quantitative estimate of drug-likeness (QED) is 0.513. The molecule has 2 saturated heterocycles. The fourth-order valence-electron chi connectivity index (χ4n) is 1.94. The van der Waals surface area contributed by atoms with E-state index >= 15 is 0 Å². The topological polar surface area (TPSA) is 29.5 Å². The molecule has 1 amide bonds. The predicted molar refractivity (Wildman–Crippen MR) is 30.9 cm³/mol. The number of carbonyl (C=O) groups excluding carboxylic acids is 1. The van der Waals surface area contributed by atoms with Gasteiger partial charge in [0.15, 0.2) is 0 Å². The molecule has 56 valence electrons. The van der Waals surface area contributed by atoms with Gasteiger partial charge in [0.2, 0.25) is 0 Å². The second-order valence-corrected chi connectivity index (χ2v) is 2.87. The lowest BCUT2D eigenvalue weighted by atomic mass is 10.1. The van der Waals surface area contributed by atoms with Crippen molar-refractivity contribution in [2.75, 3.05) is 0 Å². The van der Waals surface area contributed by atoms with Crippen molar-refractivity contribution in [1.82, 2.24) is 4.90 Å². The Labute approximate surface area is 57.7 Å². The molecule has 3 aliphatic rings. The van der Waals surface area contributed by atoms with E-state index in [-0.39, 0.29) is 12.1 Å². The maximum absolute atomic E-state index is 11.3. The van der Waals surface area contributed by atoms with Gasteiger partial charge in [0, 0.05) is 16.6 Å². The number of rotatable bonds is 0. The number of hydrogen-bond donors (Lipinski definition) is 0. The predicted octanol–water partition coefficient (Wildman–Crippen LogP) is 1.24. The summed E-state index contributed by atoms with van der Waals surface area (Å²) in [5.41, 5.74) is 0. The zero-order chi connectivity index (χ0) is 7.14. The summed E-state index contributed by atoms with van der Waals surface area (Å²) in [5, 5.41) is 0. The highest BCUT2D eigenvalue weighted by atomic mass is 19.3. The maximum atomic E-state index is 11.3. The van der Waals surface area contributed by atoms with Crippen LogP contribution in [0.1, 0.15) is 19.3 Å². The fourth-order valence-corrected chi connectivity index (χ4v) is 1.94. The fraction of sp³-hybridized carbons (Fsp3) is 0.833. The molecule has 0 aromatic carbocycles. The van der Waals surface area contributed by atoms with Crippen LogP contribution in [0.3, 0.4) is 0 Å². The molecule has 0 spiro atoms. The van der Waals surface area contributed by atoms with Gasteiger partial charge in [-0.3, -0.25) is 4.90 Å². The molecular weight excluding hydrogens is 137 g/mol. The van der Waals surface area contributed by atoms with E-state index in [0.717, 1.165) is 19.3 Å². The Morgan fingerprint density at radius 3 is 2.50 bits per heavy atom. The molecule has 2 unspecified atom stereocenters. The zero-order valence-electron chi connectivity index (χ0n) is 5.42. The van der Waals surface area contributed by atoms with Crippen LogP contribution in [0.2, 0.25) is 0 Å². The Morgan fingerprint density at radius 1 is 1.50 bits per heavy atom. The van der Waals surface area contributed by atoms with Crippen molar-refractivity contribution in [2.45, 2.75) is 31.3 Å². The van der Waals surface area contributed by atoms with Crippen LogP contribution in [0.5, 0.6) is 0 Å². The highest BCUT2D eigenvalue weighted by molar-refractivity contribution is 5.69. The van der Waals surface area contributed by atoms with E-state index in [1.54, 1.807) is 0 Å². The van der Waals surface area contributed by atoms with Crippen LogP contribution >= 0.6 is 0 Å². The summed E-state index contributed by atoms with van der Waals surface area (Å²) in [7, 11) is 0. The molecular formula is C6H8FNO2. The van der Waals surface area contributed by atoms with Gasteiger partial charge < -0.3 is 0 Å². The average Bonchev–Trinajstić information content (AvgIpc) is 2.44. The molecule has 3 fully saturated rings. The zero-order valence-corrected chi connectivity index (χ0v) is 5.42. The minimum atomic E-state index is -0.807. The van der Waals surface area contributed by atoms with Crippen molar-refractivity contribution in [1.29, 1.82) is 0 Å². The summed E-state index contributed by atoms with van der Waals surface area (Å²) >= 11 is 0. The van der Waals surface area contributed by atoms with Crippen molar-refractivity contribution in [3.8, 4) is 0 Å². The minimum Gasteiger partial charge on any atom is -0.300 e. The third kappa shape index (κ3) is 0.562. The highest BCUT2D eigenvalue weighted by Crippen LogP contribution is 2.40. The summed E-state index contributed by atoms with van der Waals surface area (Å²) in [6, 6.07) is 0.543. The first kappa shape index (κ1) is 5.95. The van der Waals surface area contributed by atoms with E-state index in [1.165, 1.54) is 4.90 Å². The van der Waals surface area contributed by atoms with Gasteiger partial charge in [-0.25, -0.2) is 9.74 Å². The average molecular weight is 145 g/mol. The lowest BCUT2D eigenvalue weighted by molar-refractivity contribution is -0.0961. The number of hydrogen-bond acceptors (Lipinski definition) is 2. The van der Waals surface area contributed by atoms with E-state index in [4.69, 9.17) is 0 Å². The molecule has 2 atom stereocenters. The first-order valence-corrected chi connectivity index (χ1v) is 3.44. The van der Waals surface area contributed by atoms with E-state index in [0.29, 0.717) is 0 Å². The van der Waals surface area contributed by atoms with E-state index < -0.39 is 6.09 Å². The van der Waals surface area contributed by atoms with Gasteiger partial charge in [0.05, 0.1) is 0 Å². The summed E-state index contributed by atoms with van der Waals surface area (Å²) in [6.45, 7) is 0. The number of fused-ring (bicyclic) bond motifs is 1. The van der Waals surface area contributed by atoms with Gasteiger partial charge in [0.25, 0.3) is 0 Å².